The molecule has 0 spiro atoms. The Kier molecular flexibility index (Phi) is 17.1. The minimum absolute atomic E-state index is 0.291. The first-order valence-electron chi connectivity index (χ1n) is 13.0. The molecule has 5 heteroatoms. The van der Waals surface area contributed by atoms with Gasteiger partial charge in [-0.05, 0) is 37.0 Å². The molecule has 0 aromatic carbocycles. The molecule has 0 radical (unpaired) electrons. The van der Waals surface area contributed by atoms with Gasteiger partial charge in [0, 0.05) is 0 Å². The third kappa shape index (κ3) is 9.98. The number of aliphatic hydroxyl groups is 2. The molecule has 0 heterocycles. The van der Waals surface area contributed by atoms with Gasteiger partial charge in [0.2, 0.25) is 16.6 Å². The van der Waals surface area contributed by atoms with Crippen LogP contribution in [0.25, 0.3) is 0 Å². The van der Waals surface area contributed by atoms with E-state index >= 15 is 0 Å². The highest BCUT2D eigenvalue weighted by molar-refractivity contribution is 6.88. The molecule has 2 unspecified atom stereocenters. The van der Waals surface area contributed by atoms with E-state index in [1.165, 1.54) is 51.4 Å². The van der Waals surface area contributed by atoms with E-state index in [2.05, 4.69) is 41.5 Å². The van der Waals surface area contributed by atoms with E-state index in [0.29, 0.717) is 0 Å². The Morgan fingerprint density at radius 3 is 1.10 bits per heavy atom. The molecule has 2 N–H and O–H groups in total. The molecule has 0 aliphatic rings. The van der Waals surface area contributed by atoms with Crippen molar-refractivity contribution in [2.75, 3.05) is 0 Å². The van der Waals surface area contributed by atoms with Crippen LogP contribution in [0.5, 0.6) is 0 Å². The van der Waals surface area contributed by atoms with Gasteiger partial charge in [-0.25, -0.2) is 0 Å². The fraction of sp³-hybridized carbons (Fsp3) is 1.00. The molecule has 176 valence electrons. The van der Waals surface area contributed by atoms with Crippen molar-refractivity contribution in [2.24, 2.45) is 0 Å². The lowest BCUT2D eigenvalue weighted by Crippen LogP contribution is -2.62. The Balaban J connectivity index is 5.06. The van der Waals surface area contributed by atoms with Gasteiger partial charge in [-0.3, -0.25) is 0 Å². The highest BCUT2D eigenvalue weighted by Crippen LogP contribution is 2.34. The number of unbranched alkanes of at least 4 members (excludes halogenated alkanes) is 8. The first-order valence-corrected chi connectivity index (χ1v) is 17.8. The third-order valence-corrected chi connectivity index (χ3v) is 18.2. The zero-order valence-electron chi connectivity index (χ0n) is 20.8. The second kappa shape index (κ2) is 16.9. The van der Waals surface area contributed by atoms with Crippen molar-refractivity contribution < 1.29 is 14.3 Å². The van der Waals surface area contributed by atoms with Crippen molar-refractivity contribution in [3.8, 4) is 0 Å². The molecular weight excluding hydrogens is 392 g/mol. The summed E-state index contributed by atoms with van der Waals surface area (Å²) in [7, 11) is -4.52. The van der Waals surface area contributed by atoms with Crippen LogP contribution < -0.4 is 0 Å². The van der Waals surface area contributed by atoms with Gasteiger partial charge in [-0.2, -0.15) is 0 Å². The molecule has 0 fully saturated rings. The summed E-state index contributed by atoms with van der Waals surface area (Å²) in [6.07, 6.45) is 14.0. The van der Waals surface area contributed by atoms with Gasteiger partial charge in [-0.15, -0.1) is 0 Å². The third-order valence-electron chi connectivity index (χ3n) is 7.18. The first-order chi connectivity index (χ1) is 13.9. The van der Waals surface area contributed by atoms with E-state index in [1.54, 1.807) is 0 Å². The van der Waals surface area contributed by atoms with Crippen molar-refractivity contribution in [3.05, 3.63) is 0 Å². The number of hydrogen-bond acceptors (Lipinski definition) is 3. The van der Waals surface area contributed by atoms with Crippen molar-refractivity contribution in [1.82, 2.24) is 0 Å². The summed E-state index contributed by atoms with van der Waals surface area (Å²) in [6, 6.07) is 3.82. The lowest BCUT2D eigenvalue weighted by molar-refractivity contribution is 0.183. The molecule has 3 nitrogen and oxygen atoms in total. The van der Waals surface area contributed by atoms with Crippen LogP contribution in [0.15, 0.2) is 0 Å². The average molecular weight is 447 g/mol. The molecular formula is C24H54O3Si2. The predicted molar refractivity (Wildman–Crippen MR) is 133 cm³/mol. The second-order valence-corrected chi connectivity index (χ2v) is 18.3. The summed E-state index contributed by atoms with van der Waals surface area (Å²) in [6.45, 7) is 13.3. The zero-order valence-corrected chi connectivity index (χ0v) is 22.8. The summed E-state index contributed by atoms with van der Waals surface area (Å²) < 4.78 is 7.08. The zero-order chi connectivity index (χ0) is 22.2. The maximum Gasteiger partial charge on any atom is 0.208 e. The Labute approximate surface area is 185 Å². The van der Waals surface area contributed by atoms with Gasteiger partial charge in [0.25, 0.3) is 0 Å². The minimum Gasteiger partial charge on any atom is -0.452 e. The van der Waals surface area contributed by atoms with E-state index < -0.39 is 16.6 Å². The SMILES string of the molecule is CCCCCCCC(O)[Si](CC)(CC)O[Si](CC)(CC)C(O)CCCCCCC. The average Bonchev–Trinajstić information content (AvgIpc) is 2.75. The van der Waals surface area contributed by atoms with Gasteiger partial charge in [0.15, 0.2) is 0 Å². The molecule has 0 rings (SSSR count). The molecule has 2 atom stereocenters. The number of rotatable bonds is 20. The van der Waals surface area contributed by atoms with Crippen molar-refractivity contribution >= 4 is 16.6 Å². The van der Waals surface area contributed by atoms with Gasteiger partial charge >= 0.3 is 0 Å². The Bertz CT molecular complexity index is 337. The van der Waals surface area contributed by atoms with Gasteiger partial charge in [0.05, 0.1) is 11.5 Å². The fourth-order valence-electron chi connectivity index (χ4n) is 4.68. The number of hydrogen-bond donors (Lipinski definition) is 2. The van der Waals surface area contributed by atoms with Gasteiger partial charge in [0.1, 0.15) is 0 Å². The maximum absolute atomic E-state index is 11.2. The van der Waals surface area contributed by atoms with E-state index in [-0.39, 0.29) is 11.5 Å². The standard InChI is InChI=1S/C24H54O3Si2/c1-7-13-15-17-19-21-23(25)28(9-3,10-4)27-29(11-5,12-6)24(26)22-20-18-16-14-8-2/h23-26H,7-22H2,1-6H3. The first kappa shape index (κ1) is 29.3. The van der Waals surface area contributed by atoms with Crippen LogP contribution in [0, 0.1) is 0 Å². The lowest BCUT2D eigenvalue weighted by atomic mass is 10.1. The van der Waals surface area contributed by atoms with E-state index in [4.69, 9.17) is 4.12 Å². The summed E-state index contributed by atoms with van der Waals surface area (Å²) >= 11 is 0. The van der Waals surface area contributed by atoms with Crippen LogP contribution in [-0.4, -0.2) is 38.3 Å². The quantitative estimate of drug-likeness (QED) is 0.150. The maximum atomic E-state index is 11.2. The van der Waals surface area contributed by atoms with Crippen LogP contribution in [-0.2, 0) is 4.12 Å². The fourth-order valence-corrected chi connectivity index (χ4v) is 15.7. The predicted octanol–water partition coefficient (Wildman–Crippen LogP) is 7.49. The Morgan fingerprint density at radius 1 is 0.517 bits per heavy atom. The highest BCUT2D eigenvalue weighted by Gasteiger charge is 2.49. The Morgan fingerprint density at radius 2 is 0.828 bits per heavy atom. The molecule has 29 heavy (non-hydrogen) atoms. The van der Waals surface area contributed by atoms with Crippen molar-refractivity contribution in [3.63, 3.8) is 0 Å². The normalized spacial score (nSPS) is 14.9. The van der Waals surface area contributed by atoms with Crippen molar-refractivity contribution in [2.45, 2.75) is 154 Å². The highest BCUT2D eigenvalue weighted by atomic mass is 28.4. The Hall–Kier alpha value is 0.314. The van der Waals surface area contributed by atoms with Crippen LogP contribution in [0.3, 0.4) is 0 Å². The second-order valence-electron chi connectivity index (χ2n) is 9.08. The van der Waals surface area contributed by atoms with Crippen LogP contribution >= 0.6 is 0 Å². The van der Waals surface area contributed by atoms with Gasteiger partial charge in [-0.1, -0.05) is 106 Å². The lowest BCUT2D eigenvalue weighted by Gasteiger charge is -2.45. The molecule has 0 aromatic heterocycles. The monoisotopic (exact) mass is 446 g/mol. The molecule has 0 aromatic rings. The van der Waals surface area contributed by atoms with Crippen LogP contribution in [0.4, 0.5) is 0 Å². The largest absolute Gasteiger partial charge is 0.452 e. The van der Waals surface area contributed by atoms with Crippen LogP contribution in [0.2, 0.25) is 24.2 Å². The van der Waals surface area contributed by atoms with Crippen molar-refractivity contribution in [1.29, 1.82) is 0 Å². The summed E-state index contributed by atoms with van der Waals surface area (Å²) in [5.74, 6) is 0. The summed E-state index contributed by atoms with van der Waals surface area (Å²) in [4.78, 5) is 0. The molecule has 0 bridgehead atoms. The molecule has 0 aliphatic heterocycles. The smallest absolute Gasteiger partial charge is 0.208 e. The topological polar surface area (TPSA) is 49.7 Å². The summed E-state index contributed by atoms with van der Waals surface area (Å²) in [5, 5.41) is 22.4. The molecule has 0 aliphatic carbocycles. The van der Waals surface area contributed by atoms with E-state index in [0.717, 1.165) is 49.9 Å². The van der Waals surface area contributed by atoms with Gasteiger partial charge < -0.3 is 14.3 Å². The van der Waals surface area contributed by atoms with Crippen LogP contribution in [0.1, 0.15) is 119 Å². The number of aliphatic hydroxyl groups excluding tert-OH is 2. The molecule has 0 amide bonds. The summed E-state index contributed by atoms with van der Waals surface area (Å²) in [5.41, 5.74) is -0.582. The molecule has 0 saturated carbocycles. The van der Waals surface area contributed by atoms with E-state index in [9.17, 15) is 10.2 Å². The van der Waals surface area contributed by atoms with E-state index in [1.807, 2.05) is 0 Å². The minimum atomic E-state index is -2.26. The molecule has 0 saturated heterocycles.